The number of hydrogen-bond acceptors (Lipinski definition) is 8. The van der Waals surface area contributed by atoms with E-state index in [4.69, 9.17) is 14.6 Å². The second-order valence-electron chi connectivity index (χ2n) is 7.26. The van der Waals surface area contributed by atoms with Crippen LogP contribution in [0.25, 0.3) is 11.0 Å². The highest BCUT2D eigenvalue weighted by Crippen LogP contribution is 2.31. The summed E-state index contributed by atoms with van der Waals surface area (Å²) in [5.41, 5.74) is 0.625. The van der Waals surface area contributed by atoms with E-state index in [9.17, 15) is 26.0 Å². The lowest BCUT2D eigenvalue weighted by Crippen LogP contribution is -2.29. The summed E-state index contributed by atoms with van der Waals surface area (Å²) in [7, 11) is -3.50. The average Bonchev–Trinajstić information content (AvgIpc) is 3.20. The van der Waals surface area contributed by atoms with E-state index in [0.717, 1.165) is 38.3 Å². The molecule has 1 saturated heterocycles. The Morgan fingerprint density at radius 3 is 2.44 bits per heavy atom. The van der Waals surface area contributed by atoms with Gasteiger partial charge < -0.3 is 15.2 Å². The molecule has 34 heavy (non-hydrogen) atoms. The molecular weight excluding hydrogens is 486 g/mol. The first kappa shape index (κ1) is 25.3. The molecule has 4 rings (SSSR count). The molecule has 1 fully saturated rings. The van der Waals surface area contributed by atoms with Crippen molar-refractivity contribution in [2.75, 3.05) is 19.3 Å². The second-order valence-corrected chi connectivity index (χ2v) is 9.27. The Labute approximate surface area is 190 Å². The van der Waals surface area contributed by atoms with Gasteiger partial charge in [0, 0.05) is 6.26 Å². The fraction of sp³-hybridized carbons (Fsp3) is 0.368. The average molecular weight is 505 g/mol. The van der Waals surface area contributed by atoms with Gasteiger partial charge >= 0.3 is 12.1 Å². The van der Waals surface area contributed by atoms with Crippen molar-refractivity contribution in [3.8, 4) is 11.6 Å². The number of ether oxygens (including phenoxy) is 1. The summed E-state index contributed by atoms with van der Waals surface area (Å²) in [5.74, 6) is -3.48. The van der Waals surface area contributed by atoms with Crippen LogP contribution in [0.2, 0.25) is 0 Å². The van der Waals surface area contributed by atoms with Crippen LogP contribution in [0.5, 0.6) is 11.6 Å². The number of fused-ring (bicyclic) bond motifs is 1. The predicted molar refractivity (Wildman–Crippen MR) is 110 cm³/mol. The molecule has 0 spiro atoms. The van der Waals surface area contributed by atoms with Crippen molar-refractivity contribution >= 4 is 26.8 Å². The molecular formula is C19H19F4N5O5S. The SMILES string of the molecule is CS(=O)(=O)c1ccc(Oc2ncnc3c2cnn3C2CCNCC2)c(F)c1.O=C(O)C(F)(F)F. The first-order chi connectivity index (χ1) is 15.9. The van der Waals surface area contributed by atoms with Gasteiger partial charge in [-0.15, -0.1) is 0 Å². The zero-order valence-corrected chi connectivity index (χ0v) is 18.4. The van der Waals surface area contributed by atoms with Crippen LogP contribution < -0.4 is 10.1 Å². The van der Waals surface area contributed by atoms with E-state index in [-0.39, 0.29) is 22.6 Å². The molecule has 0 atom stereocenters. The maximum Gasteiger partial charge on any atom is 0.490 e. The van der Waals surface area contributed by atoms with Crippen molar-refractivity contribution in [1.82, 2.24) is 25.1 Å². The molecule has 0 aliphatic carbocycles. The van der Waals surface area contributed by atoms with E-state index in [0.29, 0.717) is 11.0 Å². The Morgan fingerprint density at radius 2 is 1.88 bits per heavy atom. The zero-order valence-electron chi connectivity index (χ0n) is 17.6. The Hall–Kier alpha value is -3.33. The van der Waals surface area contributed by atoms with E-state index in [1.54, 1.807) is 6.20 Å². The van der Waals surface area contributed by atoms with Crippen LogP contribution in [0.4, 0.5) is 17.6 Å². The fourth-order valence-corrected chi connectivity index (χ4v) is 3.77. The maximum atomic E-state index is 14.3. The van der Waals surface area contributed by atoms with Crippen molar-refractivity contribution in [3.63, 3.8) is 0 Å². The van der Waals surface area contributed by atoms with Gasteiger partial charge in [-0.05, 0) is 44.1 Å². The number of hydrogen-bond donors (Lipinski definition) is 2. The summed E-state index contributed by atoms with van der Waals surface area (Å²) >= 11 is 0. The Balaban J connectivity index is 0.000000406. The number of carboxylic acids is 1. The van der Waals surface area contributed by atoms with E-state index in [1.165, 1.54) is 18.5 Å². The number of nitrogens with zero attached hydrogens (tertiary/aromatic N) is 4. The maximum absolute atomic E-state index is 14.3. The summed E-state index contributed by atoms with van der Waals surface area (Å²) in [5, 5.41) is 15.4. The van der Waals surface area contributed by atoms with Gasteiger partial charge in [0.1, 0.15) is 11.7 Å². The number of aliphatic carboxylic acids is 1. The third-order valence-electron chi connectivity index (χ3n) is 4.79. The third kappa shape index (κ3) is 5.96. The first-order valence-corrected chi connectivity index (χ1v) is 11.6. The molecule has 10 nitrogen and oxygen atoms in total. The van der Waals surface area contributed by atoms with Crippen LogP contribution in [-0.4, -0.2) is 64.8 Å². The molecule has 1 aliphatic rings. The van der Waals surface area contributed by atoms with Crippen LogP contribution in [-0.2, 0) is 14.6 Å². The molecule has 15 heteroatoms. The fourth-order valence-electron chi connectivity index (χ4n) is 3.14. The summed E-state index contributed by atoms with van der Waals surface area (Å²) in [4.78, 5) is 17.2. The molecule has 0 saturated carbocycles. The van der Waals surface area contributed by atoms with E-state index < -0.39 is 27.8 Å². The minimum Gasteiger partial charge on any atom is -0.475 e. The van der Waals surface area contributed by atoms with Crippen molar-refractivity contribution in [2.24, 2.45) is 0 Å². The number of nitrogens with one attached hydrogen (secondary N) is 1. The molecule has 0 radical (unpaired) electrons. The molecule has 3 aromatic rings. The standard InChI is InChI=1S/C17H18FN5O3S.C2HF3O2/c1-27(24,25)12-2-3-15(14(18)8-12)26-17-13-9-22-23(16(13)20-10-21-17)11-4-6-19-7-5-11;3-2(4,5)1(6)7/h2-3,8-11,19H,4-7H2,1H3;(H,6,7). The van der Waals surface area contributed by atoms with E-state index in [2.05, 4.69) is 20.4 Å². The Morgan fingerprint density at radius 1 is 1.24 bits per heavy atom. The predicted octanol–water partition coefficient (Wildman–Crippen LogP) is 2.72. The number of rotatable bonds is 4. The van der Waals surface area contributed by atoms with Gasteiger partial charge in [0.05, 0.1) is 17.1 Å². The van der Waals surface area contributed by atoms with Gasteiger partial charge in [-0.2, -0.15) is 18.3 Å². The minimum absolute atomic E-state index is 0.112. The van der Waals surface area contributed by atoms with Gasteiger partial charge in [-0.3, -0.25) is 0 Å². The summed E-state index contributed by atoms with van der Waals surface area (Å²) in [6.45, 7) is 1.83. The first-order valence-electron chi connectivity index (χ1n) is 9.74. The van der Waals surface area contributed by atoms with Crippen LogP contribution in [0, 0.1) is 5.82 Å². The lowest BCUT2D eigenvalue weighted by molar-refractivity contribution is -0.192. The molecule has 2 N–H and O–H groups in total. The van der Waals surface area contributed by atoms with Crippen LogP contribution in [0.15, 0.2) is 35.6 Å². The number of alkyl halides is 3. The molecule has 184 valence electrons. The van der Waals surface area contributed by atoms with Crippen molar-refractivity contribution in [1.29, 1.82) is 0 Å². The van der Waals surface area contributed by atoms with Gasteiger partial charge in [0.15, 0.2) is 27.1 Å². The monoisotopic (exact) mass is 505 g/mol. The minimum atomic E-state index is -5.08. The van der Waals surface area contributed by atoms with Crippen LogP contribution >= 0.6 is 0 Å². The van der Waals surface area contributed by atoms with E-state index >= 15 is 0 Å². The second kappa shape index (κ2) is 9.89. The van der Waals surface area contributed by atoms with Crippen molar-refractivity contribution in [3.05, 3.63) is 36.5 Å². The van der Waals surface area contributed by atoms with Gasteiger partial charge in [-0.1, -0.05) is 0 Å². The van der Waals surface area contributed by atoms with Crippen LogP contribution in [0.1, 0.15) is 18.9 Å². The van der Waals surface area contributed by atoms with Crippen LogP contribution in [0.3, 0.4) is 0 Å². The molecule has 1 aliphatic heterocycles. The molecule has 0 amide bonds. The number of aromatic nitrogens is 4. The highest BCUT2D eigenvalue weighted by Gasteiger charge is 2.38. The number of carbonyl (C=O) groups is 1. The molecule has 3 heterocycles. The van der Waals surface area contributed by atoms with Gasteiger partial charge in [0.2, 0.25) is 5.88 Å². The van der Waals surface area contributed by atoms with Crippen molar-refractivity contribution < 1.29 is 40.6 Å². The largest absolute Gasteiger partial charge is 0.490 e. The molecule has 0 bridgehead atoms. The smallest absolute Gasteiger partial charge is 0.475 e. The van der Waals surface area contributed by atoms with Gasteiger partial charge in [0.25, 0.3) is 0 Å². The molecule has 0 unspecified atom stereocenters. The summed E-state index contributed by atoms with van der Waals surface area (Å²) in [6.07, 6.45) is 0.776. The van der Waals surface area contributed by atoms with Crippen molar-refractivity contribution in [2.45, 2.75) is 30.0 Å². The highest BCUT2D eigenvalue weighted by atomic mass is 32.2. The zero-order chi connectivity index (χ0) is 25.1. The number of benzene rings is 1. The highest BCUT2D eigenvalue weighted by molar-refractivity contribution is 7.90. The number of sulfone groups is 1. The molecule has 2 aromatic heterocycles. The Bertz CT molecular complexity index is 1290. The summed E-state index contributed by atoms with van der Waals surface area (Å²) < 4.78 is 76.6. The quantitative estimate of drug-likeness (QED) is 0.513. The summed E-state index contributed by atoms with van der Waals surface area (Å²) in [6, 6.07) is 3.74. The number of piperidine rings is 1. The Kier molecular flexibility index (Phi) is 7.35. The van der Waals surface area contributed by atoms with Gasteiger partial charge in [-0.25, -0.2) is 32.3 Å². The van der Waals surface area contributed by atoms with E-state index in [1.807, 2.05) is 4.68 Å². The lowest BCUT2D eigenvalue weighted by atomic mass is 10.1. The molecule has 1 aromatic carbocycles. The lowest BCUT2D eigenvalue weighted by Gasteiger charge is -2.23. The topological polar surface area (TPSA) is 136 Å². The number of carboxylic acid groups (broad SMARTS) is 1. The third-order valence-corrected chi connectivity index (χ3v) is 5.90. The number of halogens is 4. The normalized spacial score (nSPS) is 15.0.